The molecule has 0 aliphatic carbocycles. The number of nitrogens with one attached hydrogen (secondary N) is 2. The zero-order chi connectivity index (χ0) is 20.7. The van der Waals surface area contributed by atoms with Crippen LogP contribution in [0.4, 0.5) is 5.88 Å². The first kappa shape index (κ1) is 21.3. The zero-order valence-electron chi connectivity index (χ0n) is 15.7. The first-order valence-electron chi connectivity index (χ1n) is 8.59. The van der Waals surface area contributed by atoms with Crippen LogP contribution in [0.25, 0.3) is 0 Å². The minimum atomic E-state index is -0.539. The molecule has 1 amide bonds. The molecule has 1 aromatic heterocycles. The van der Waals surface area contributed by atoms with Crippen molar-refractivity contribution in [2.75, 3.05) is 11.9 Å². The van der Waals surface area contributed by atoms with Crippen LogP contribution in [0.3, 0.4) is 0 Å². The highest BCUT2D eigenvalue weighted by Gasteiger charge is 2.13. The van der Waals surface area contributed by atoms with Gasteiger partial charge in [0, 0.05) is 10.6 Å². The van der Waals surface area contributed by atoms with Gasteiger partial charge in [0.05, 0.1) is 29.9 Å². The Bertz CT molecular complexity index is 874. The van der Waals surface area contributed by atoms with E-state index in [1.165, 1.54) is 12.2 Å². The Kier molecular flexibility index (Phi) is 7.48. The van der Waals surface area contributed by atoms with Crippen molar-refractivity contribution in [2.24, 2.45) is 11.5 Å². The molecule has 0 bridgehead atoms. The minimum absolute atomic E-state index is 0.0588. The van der Waals surface area contributed by atoms with Gasteiger partial charge >= 0.3 is 0 Å². The lowest BCUT2D eigenvalue weighted by molar-refractivity contribution is -0.113. The molecule has 150 valence electrons. The maximum absolute atomic E-state index is 12.1. The molecule has 2 rings (SSSR count). The number of carbonyl (C=O) groups excluding carboxylic acids is 1. The third-order valence-electron chi connectivity index (χ3n) is 4.08. The molecule has 7 N–H and O–H groups in total. The topological polar surface area (TPSA) is 139 Å². The molecule has 9 heteroatoms. The van der Waals surface area contributed by atoms with E-state index in [-0.39, 0.29) is 30.1 Å². The smallest absolute Gasteiger partial charge is 0.273 e. The molecule has 0 aliphatic rings. The lowest BCUT2D eigenvalue weighted by Crippen LogP contribution is -2.36. The molecule has 0 spiro atoms. The van der Waals surface area contributed by atoms with Crippen molar-refractivity contribution in [3.05, 3.63) is 69.8 Å². The van der Waals surface area contributed by atoms with Crippen molar-refractivity contribution in [1.29, 1.82) is 0 Å². The SMILES string of the molecule is Cc1noc(NC(=O)/C(N)=C/C=C(\N)NC(CO)Cc2ccc(Cl)cc2)c1C. The fourth-order valence-corrected chi connectivity index (χ4v) is 2.44. The molecule has 8 nitrogen and oxygen atoms in total. The lowest BCUT2D eigenvalue weighted by atomic mass is 10.1. The van der Waals surface area contributed by atoms with Gasteiger partial charge in [0.15, 0.2) is 0 Å². The average molecular weight is 406 g/mol. The van der Waals surface area contributed by atoms with Crippen LogP contribution in [0.15, 0.2) is 52.5 Å². The van der Waals surface area contributed by atoms with E-state index in [2.05, 4.69) is 15.8 Å². The normalized spacial score (nSPS) is 13.3. The van der Waals surface area contributed by atoms with Gasteiger partial charge in [-0.15, -0.1) is 0 Å². The Labute approximate surface area is 168 Å². The molecule has 0 fully saturated rings. The van der Waals surface area contributed by atoms with E-state index in [4.69, 9.17) is 27.6 Å². The highest BCUT2D eigenvalue weighted by Crippen LogP contribution is 2.17. The predicted molar refractivity (Wildman–Crippen MR) is 108 cm³/mol. The second kappa shape index (κ2) is 9.82. The van der Waals surface area contributed by atoms with Gasteiger partial charge in [0.25, 0.3) is 5.91 Å². The summed E-state index contributed by atoms with van der Waals surface area (Å²) in [5, 5.41) is 19.5. The predicted octanol–water partition coefficient (Wildman–Crippen LogP) is 1.72. The monoisotopic (exact) mass is 405 g/mol. The highest BCUT2D eigenvalue weighted by molar-refractivity contribution is 6.30. The van der Waals surface area contributed by atoms with Crippen LogP contribution in [0.2, 0.25) is 5.02 Å². The Morgan fingerprint density at radius 2 is 1.96 bits per heavy atom. The summed E-state index contributed by atoms with van der Waals surface area (Å²) in [4.78, 5) is 12.1. The van der Waals surface area contributed by atoms with Gasteiger partial charge in [0.2, 0.25) is 5.88 Å². The van der Waals surface area contributed by atoms with Crippen molar-refractivity contribution in [3.63, 3.8) is 0 Å². The number of aliphatic hydroxyl groups is 1. The highest BCUT2D eigenvalue weighted by atomic mass is 35.5. The van der Waals surface area contributed by atoms with E-state index in [9.17, 15) is 9.90 Å². The van der Waals surface area contributed by atoms with Gasteiger partial charge in [-0.2, -0.15) is 0 Å². The van der Waals surface area contributed by atoms with Crippen LogP contribution in [-0.4, -0.2) is 28.8 Å². The molecule has 1 atom stereocenters. The van der Waals surface area contributed by atoms with Crippen molar-refractivity contribution >= 4 is 23.4 Å². The number of benzene rings is 1. The van der Waals surface area contributed by atoms with Crippen molar-refractivity contribution in [2.45, 2.75) is 26.3 Å². The van der Waals surface area contributed by atoms with Gasteiger partial charge in [-0.05, 0) is 50.1 Å². The Morgan fingerprint density at radius 3 is 2.54 bits per heavy atom. The van der Waals surface area contributed by atoms with Crippen molar-refractivity contribution in [1.82, 2.24) is 10.5 Å². The first-order valence-corrected chi connectivity index (χ1v) is 8.97. The third-order valence-corrected chi connectivity index (χ3v) is 4.33. The lowest BCUT2D eigenvalue weighted by Gasteiger charge is -2.17. The quantitative estimate of drug-likeness (QED) is 0.332. The van der Waals surface area contributed by atoms with Gasteiger partial charge in [0.1, 0.15) is 0 Å². The fraction of sp³-hybridized carbons (Fsp3) is 0.263. The molecule has 0 aliphatic heterocycles. The van der Waals surface area contributed by atoms with E-state index >= 15 is 0 Å². The number of hydrogen-bond acceptors (Lipinski definition) is 7. The van der Waals surface area contributed by atoms with Crippen molar-refractivity contribution in [3.8, 4) is 0 Å². The molecular weight excluding hydrogens is 382 g/mol. The number of hydrogen-bond donors (Lipinski definition) is 5. The third kappa shape index (κ3) is 6.04. The molecule has 0 saturated heterocycles. The number of anilines is 1. The number of carbonyl (C=O) groups is 1. The molecule has 0 saturated carbocycles. The molecule has 2 aromatic rings. The number of aliphatic hydroxyl groups excluding tert-OH is 1. The maximum atomic E-state index is 12.1. The number of allylic oxidation sites excluding steroid dienone is 2. The second-order valence-corrected chi connectivity index (χ2v) is 6.71. The number of nitrogens with zero attached hydrogens (tertiary/aromatic N) is 1. The number of aryl methyl sites for hydroxylation is 1. The van der Waals surface area contributed by atoms with E-state index in [1.54, 1.807) is 26.0 Å². The molecule has 1 unspecified atom stereocenters. The average Bonchev–Trinajstić information content (AvgIpc) is 2.99. The maximum Gasteiger partial charge on any atom is 0.273 e. The summed E-state index contributed by atoms with van der Waals surface area (Å²) in [5.41, 5.74) is 14.0. The van der Waals surface area contributed by atoms with Crippen LogP contribution in [0.1, 0.15) is 16.8 Å². The molecule has 28 heavy (non-hydrogen) atoms. The van der Waals surface area contributed by atoms with Gasteiger partial charge < -0.3 is 26.4 Å². The van der Waals surface area contributed by atoms with E-state index in [0.29, 0.717) is 17.1 Å². The van der Waals surface area contributed by atoms with E-state index < -0.39 is 5.91 Å². The molecule has 1 heterocycles. The number of nitrogens with two attached hydrogens (primary N) is 2. The number of amides is 1. The van der Waals surface area contributed by atoms with Gasteiger partial charge in [-0.3, -0.25) is 10.1 Å². The van der Waals surface area contributed by atoms with Crippen LogP contribution >= 0.6 is 11.6 Å². The standard InChI is InChI=1S/C19H24ClN5O3/c1-11-12(2)25-28-19(11)24-18(27)16(21)7-8-17(22)23-15(10-26)9-13-3-5-14(20)6-4-13/h3-8,15,23,26H,9-10,21-22H2,1-2H3,(H,24,27)/b16-7-,17-8+. The molecule has 1 aromatic carbocycles. The summed E-state index contributed by atoms with van der Waals surface area (Å²) in [5.74, 6) is -0.0316. The second-order valence-electron chi connectivity index (χ2n) is 6.27. The Hall–Kier alpha value is -2.97. The van der Waals surface area contributed by atoms with E-state index in [0.717, 1.165) is 11.1 Å². The van der Waals surface area contributed by atoms with Crippen LogP contribution in [0.5, 0.6) is 0 Å². The minimum Gasteiger partial charge on any atom is -0.394 e. The van der Waals surface area contributed by atoms with Gasteiger partial charge in [-0.1, -0.05) is 28.9 Å². The largest absolute Gasteiger partial charge is 0.394 e. The van der Waals surface area contributed by atoms with Crippen molar-refractivity contribution < 1.29 is 14.4 Å². The fourth-order valence-electron chi connectivity index (χ4n) is 2.31. The van der Waals surface area contributed by atoms with E-state index in [1.807, 2.05) is 12.1 Å². The molecular formula is C19H24ClN5O3. The summed E-state index contributed by atoms with van der Waals surface area (Å²) in [6.07, 6.45) is 3.37. The van der Waals surface area contributed by atoms with Gasteiger partial charge in [-0.25, -0.2) is 0 Å². The summed E-state index contributed by atoms with van der Waals surface area (Å²) in [6, 6.07) is 7.01. The summed E-state index contributed by atoms with van der Waals surface area (Å²) in [6.45, 7) is 3.42. The van der Waals surface area contributed by atoms with Crippen LogP contribution in [0, 0.1) is 13.8 Å². The summed E-state index contributed by atoms with van der Waals surface area (Å²) < 4.78 is 5.02. The summed E-state index contributed by atoms with van der Waals surface area (Å²) in [7, 11) is 0. The first-order chi connectivity index (χ1) is 13.3. The van der Waals surface area contributed by atoms with Crippen LogP contribution < -0.4 is 22.1 Å². The summed E-state index contributed by atoms with van der Waals surface area (Å²) >= 11 is 5.87. The number of halogens is 1. The zero-order valence-corrected chi connectivity index (χ0v) is 16.5. The number of rotatable bonds is 8. The van der Waals surface area contributed by atoms with Crippen LogP contribution in [-0.2, 0) is 11.2 Å². The Morgan fingerprint density at radius 1 is 1.29 bits per heavy atom. The Balaban J connectivity index is 1.95. The molecule has 0 radical (unpaired) electrons. The number of aromatic nitrogens is 1.